The zero-order valence-electron chi connectivity index (χ0n) is 32.8. The summed E-state index contributed by atoms with van der Waals surface area (Å²) in [5.74, 6) is 1.11. The van der Waals surface area contributed by atoms with Gasteiger partial charge >= 0.3 is 11.7 Å². The number of para-hydroxylation sites is 1. The van der Waals surface area contributed by atoms with Gasteiger partial charge in [-0.1, -0.05) is 57.2 Å². The van der Waals surface area contributed by atoms with Crippen LogP contribution < -0.4 is 21.3 Å². The number of carbonyl (C=O) groups is 2. The largest absolute Gasteiger partial charge is 0.458 e. The number of carbonyl (C=O) groups excluding carboxylic acids is 2. The van der Waals surface area contributed by atoms with Crippen LogP contribution in [0.4, 0.5) is 11.4 Å². The quantitative estimate of drug-likeness (QED) is 0.127. The normalized spacial score (nSPS) is 21.4. The molecule has 3 aromatic carbocycles. The lowest BCUT2D eigenvalue weighted by molar-refractivity contribution is -0.111. The van der Waals surface area contributed by atoms with Crippen LogP contribution in [-0.4, -0.2) is 43.3 Å². The predicted octanol–water partition coefficient (Wildman–Crippen LogP) is 7.27. The van der Waals surface area contributed by atoms with Crippen molar-refractivity contribution in [2.24, 2.45) is 22.7 Å². The molecule has 1 aromatic heterocycles. The summed E-state index contributed by atoms with van der Waals surface area (Å²) in [5.41, 5.74) is 10.9. The molecule has 8 heteroatoms. The molecule has 0 bridgehead atoms. The summed E-state index contributed by atoms with van der Waals surface area (Å²) in [6, 6.07) is 20.4. The van der Waals surface area contributed by atoms with Crippen molar-refractivity contribution in [1.29, 1.82) is 0 Å². The Morgan fingerprint density at radius 2 is 1.65 bits per heavy atom. The number of rotatable bonds is 10. The number of hydrogen-bond acceptors (Lipinski definition) is 6. The lowest BCUT2D eigenvalue weighted by Gasteiger charge is -2.37. The van der Waals surface area contributed by atoms with Gasteiger partial charge in [0.05, 0.1) is 22.3 Å². The number of oxazole rings is 1. The number of nitrogens with zero attached hydrogens (tertiary/aromatic N) is 3. The first-order valence-corrected chi connectivity index (χ1v) is 20.7. The van der Waals surface area contributed by atoms with Crippen LogP contribution in [0, 0.1) is 17.8 Å². The molecule has 7 nitrogen and oxygen atoms in total. The lowest BCUT2D eigenvalue weighted by Crippen LogP contribution is -2.37. The van der Waals surface area contributed by atoms with E-state index in [4.69, 9.17) is 22.0 Å². The number of ether oxygens (including phenoxy) is 1. The van der Waals surface area contributed by atoms with Gasteiger partial charge in [-0.15, -0.1) is 0 Å². The second kappa shape index (κ2) is 16.3. The molecule has 2 fully saturated rings. The van der Waals surface area contributed by atoms with Crippen molar-refractivity contribution in [1.82, 2.24) is 4.57 Å². The van der Waals surface area contributed by atoms with E-state index in [0.717, 1.165) is 86.3 Å². The minimum Gasteiger partial charge on any atom is -0.458 e. The fraction of sp³-hybridized carbons (Fsp3) is 0.468. The van der Waals surface area contributed by atoms with Crippen LogP contribution in [0.3, 0.4) is 0 Å². The number of aryl methyl sites for hydroxylation is 3. The van der Waals surface area contributed by atoms with E-state index in [0.29, 0.717) is 41.2 Å². The van der Waals surface area contributed by atoms with Crippen molar-refractivity contribution in [3.8, 4) is 0 Å². The molecule has 3 heterocycles. The molecule has 4 aromatic rings. The van der Waals surface area contributed by atoms with Gasteiger partial charge in [0, 0.05) is 31.7 Å². The average Bonchev–Trinajstić information content (AvgIpc) is 3.46. The van der Waals surface area contributed by atoms with Gasteiger partial charge < -0.3 is 18.8 Å². The van der Waals surface area contributed by atoms with Crippen LogP contribution in [0.5, 0.6) is 0 Å². The van der Waals surface area contributed by atoms with Crippen LogP contribution in [0.15, 0.2) is 70.1 Å². The molecule has 3 atom stereocenters. The molecular formula is C47H54BN3O4. The van der Waals surface area contributed by atoms with E-state index in [-0.39, 0.29) is 24.2 Å². The Morgan fingerprint density at radius 1 is 0.945 bits per heavy atom. The molecular weight excluding hydrogens is 681 g/mol. The minimum absolute atomic E-state index is 0.110. The van der Waals surface area contributed by atoms with Crippen molar-refractivity contribution in [3.63, 3.8) is 0 Å². The first-order chi connectivity index (χ1) is 26.7. The number of esters is 1. The van der Waals surface area contributed by atoms with Gasteiger partial charge in [0.1, 0.15) is 6.10 Å². The smallest absolute Gasteiger partial charge is 0.340 e. The molecule has 55 heavy (non-hydrogen) atoms. The van der Waals surface area contributed by atoms with Crippen LogP contribution in [0.2, 0.25) is 0 Å². The maximum atomic E-state index is 14.0. The van der Waals surface area contributed by atoms with Gasteiger partial charge in [0.2, 0.25) is 0 Å². The molecule has 284 valence electrons. The highest BCUT2D eigenvalue weighted by molar-refractivity contribution is 6.57. The lowest BCUT2D eigenvalue weighted by atomic mass is 9.76. The van der Waals surface area contributed by atoms with Crippen LogP contribution in [-0.2, 0) is 41.8 Å². The molecule has 0 saturated heterocycles. The van der Waals surface area contributed by atoms with Gasteiger partial charge in [-0.3, -0.25) is 4.57 Å². The van der Waals surface area contributed by atoms with Gasteiger partial charge in [-0.05, 0) is 152 Å². The fourth-order valence-corrected chi connectivity index (χ4v) is 9.23. The Hall–Kier alpha value is -4.59. The Balaban J connectivity index is 1.21. The zero-order chi connectivity index (χ0) is 38.1. The number of anilines is 1. The van der Waals surface area contributed by atoms with E-state index in [1.165, 1.54) is 47.2 Å². The molecule has 0 N–H and O–H groups in total. The molecule has 0 amide bonds. The highest BCUT2D eigenvalue weighted by atomic mass is 16.5. The summed E-state index contributed by atoms with van der Waals surface area (Å²) in [5, 5.41) is 1.10. The Labute approximate surface area is 326 Å². The highest BCUT2D eigenvalue weighted by Gasteiger charge is 2.32. The molecule has 2 aliphatic carbocycles. The van der Waals surface area contributed by atoms with Crippen molar-refractivity contribution >= 4 is 42.5 Å². The van der Waals surface area contributed by atoms with Gasteiger partial charge in [-0.2, -0.15) is 4.99 Å². The van der Waals surface area contributed by atoms with E-state index in [2.05, 4.69) is 60.6 Å². The van der Waals surface area contributed by atoms with Gasteiger partial charge in [-0.25, -0.2) is 4.79 Å². The van der Waals surface area contributed by atoms with Gasteiger partial charge in [0.25, 0.3) is 0 Å². The first-order valence-electron chi connectivity index (χ1n) is 20.7. The third-order valence-corrected chi connectivity index (χ3v) is 12.6. The second-order valence-corrected chi connectivity index (χ2v) is 16.8. The maximum absolute atomic E-state index is 14.0. The first kappa shape index (κ1) is 37.3. The highest BCUT2D eigenvalue weighted by Crippen LogP contribution is 2.37. The van der Waals surface area contributed by atoms with Crippen LogP contribution >= 0.6 is 0 Å². The molecule has 3 unspecified atom stereocenters. The fourth-order valence-electron chi connectivity index (χ4n) is 9.23. The van der Waals surface area contributed by atoms with Crippen molar-refractivity contribution < 1.29 is 18.7 Å². The standard InChI is InChI=1S/C47H54BN3O4/c1-30(2)36-20-15-31(3)41(29-36)54-46(53)39-13-4-5-14-40(39)49-47-51(24-21-32-16-18-33(19-17-32)28-43(48)52)45(35-9-6-10-35)42(55-47)27-34-25-37-11-7-22-50-23-8-12-38(26-34)44(37)50/h4-5,13-14,16-19,25-27,30-31,36,41H,6-12,15,20-24,28-29H2,1-3H3/b42-27+,49-47?. The van der Waals surface area contributed by atoms with Crippen LogP contribution in [0.25, 0.3) is 11.6 Å². The summed E-state index contributed by atoms with van der Waals surface area (Å²) in [4.78, 5) is 33.2. The molecule has 2 radical (unpaired) electrons. The van der Waals surface area contributed by atoms with E-state index in [9.17, 15) is 9.59 Å². The van der Waals surface area contributed by atoms with E-state index in [1.54, 1.807) is 0 Å². The molecule has 2 aliphatic heterocycles. The van der Waals surface area contributed by atoms with Crippen molar-refractivity contribution in [2.75, 3.05) is 18.0 Å². The number of benzene rings is 3. The van der Waals surface area contributed by atoms with Crippen LogP contribution in [0.1, 0.15) is 110 Å². The van der Waals surface area contributed by atoms with Crippen molar-refractivity contribution in [3.05, 3.63) is 110 Å². The summed E-state index contributed by atoms with van der Waals surface area (Å²) >= 11 is 0. The summed E-state index contributed by atoms with van der Waals surface area (Å²) in [7, 11) is 5.46. The number of aromatic nitrogens is 1. The molecule has 4 aliphatic rings. The second-order valence-electron chi connectivity index (χ2n) is 16.8. The average molecular weight is 736 g/mol. The predicted molar refractivity (Wildman–Crippen MR) is 219 cm³/mol. The minimum atomic E-state index is -0.336. The third-order valence-electron chi connectivity index (χ3n) is 12.6. The van der Waals surface area contributed by atoms with E-state index in [1.807, 2.05) is 36.4 Å². The zero-order valence-corrected chi connectivity index (χ0v) is 32.8. The van der Waals surface area contributed by atoms with Gasteiger partial charge in [0.15, 0.2) is 13.3 Å². The monoisotopic (exact) mass is 735 g/mol. The Kier molecular flexibility index (Phi) is 11.0. The Bertz CT molecular complexity index is 2230. The summed E-state index contributed by atoms with van der Waals surface area (Å²) < 4.78 is 15.4. The van der Waals surface area contributed by atoms with Crippen molar-refractivity contribution in [2.45, 2.75) is 110 Å². The SMILES string of the molecule is [B]C(=O)Cc1ccc(CCn2c(=Nc3ccccc3C(=O)OC3CC(C(C)C)CCC3C)o/c(=C/c3cc4c5c(c3)CCCN5CCC4)c2=C2CCC2)cc1. The molecule has 2 saturated carbocycles. The van der Waals surface area contributed by atoms with E-state index < -0.39 is 0 Å². The Morgan fingerprint density at radius 3 is 2.33 bits per heavy atom. The number of hydrogen-bond donors (Lipinski definition) is 0. The summed E-state index contributed by atoms with van der Waals surface area (Å²) in [6.45, 7) is 9.67. The van der Waals surface area contributed by atoms with E-state index >= 15 is 0 Å². The topological polar surface area (TPSA) is 77.0 Å². The molecule has 8 rings (SSSR count). The molecule has 0 spiro atoms. The third kappa shape index (κ3) is 8.20. The summed E-state index contributed by atoms with van der Waals surface area (Å²) in [6.07, 6.45) is 14.0. The maximum Gasteiger partial charge on any atom is 0.340 e.